The molecule has 0 radical (unpaired) electrons. The van der Waals surface area contributed by atoms with E-state index in [0.717, 1.165) is 23.9 Å². The van der Waals surface area contributed by atoms with Gasteiger partial charge in [0.25, 0.3) is 0 Å². The van der Waals surface area contributed by atoms with E-state index in [1.807, 2.05) is 13.1 Å². The summed E-state index contributed by atoms with van der Waals surface area (Å²) in [6.07, 6.45) is 2.68. The van der Waals surface area contributed by atoms with Gasteiger partial charge in [0.05, 0.1) is 13.2 Å². The van der Waals surface area contributed by atoms with E-state index in [-0.39, 0.29) is 5.82 Å². The Labute approximate surface area is 139 Å². The lowest BCUT2D eigenvalue weighted by molar-refractivity contribution is 0.310. The fourth-order valence-electron chi connectivity index (χ4n) is 1.86. The van der Waals surface area contributed by atoms with Crippen molar-refractivity contribution in [2.45, 2.75) is 19.9 Å². The molecule has 0 atom stereocenters. The second-order valence-corrected chi connectivity index (χ2v) is 6.19. The Balaban J connectivity index is 1.61. The van der Waals surface area contributed by atoms with Crippen LogP contribution in [0.3, 0.4) is 0 Å². The molecule has 0 aliphatic rings. The van der Waals surface area contributed by atoms with Gasteiger partial charge in [0, 0.05) is 24.7 Å². The molecular formula is C16H21FN4OS. The molecule has 2 N–H and O–H groups in total. The van der Waals surface area contributed by atoms with Crippen molar-refractivity contribution in [1.29, 1.82) is 0 Å². The van der Waals surface area contributed by atoms with Gasteiger partial charge in [-0.05, 0) is 37.6 Å². The van der Waals surface area contributed by atoms with Crippen LogP contribution in [-0.4, -0.2) is 31.1 Å². The van der Waals surface area contributed by atoms with E-state index < -0.39 is 0 Å². The molecule has 0 saturated heterocycles. The normalized spacial score (nSPS) is 11.3. The Morgan fingerprint density at radius 1 is 1.30 bits per heavy atom. The Morgan fingerprint density at radius 2 is 2.09 bits per heavy atom. The molecule has 0 aliphatic heterocycles. The van der Waals surface area contributed by atoms with Crippen molar-refractivity contribution in [3.8, 4) is 5.75 Å². The van der Waals surface area contributed by atoms with Gasteiger partial charge in [-0.1, -0.05) is 0 Å². The first-order chi connectivity index (χ1) is 11.2. The van der Waals surface area contributed by atoms with Crippen molar-refractivity contribution in [1.82, 2.24) is 15.6 Å². The first-order valence-electron chi connectivity index (χ1n) is 7.41. The monoisotopic (exact) mass is 336 g/mol. The highest BCUT2D eigenvalue weighted by atomic mass is 32.1. The van der Waals surface area contributed by atoms with Gasteiger partial charge in [-0.25, -0.2) is 9.37 Å². The maximum absolute atomic E-state index is 12.8. The smallest absolute Gasteiger partial charge is 0.191 e. The number of hydrogen-bond donors (Lipinski definition) is 2. The van der Waals surface area contributed by atoms with Gasteiger partial charge in [0.1, 0.15) is 16.6 Å². The molecule has 0 fully saturated rings. The van der Waals surface area contributed by atoms with Crippen LogP contribution in [0.5, 0.6) is 5.75 Å². The highest BCUT2D eigenvalue weighted by Crippen LogP contribution is 2.11. The molecule has 23 heavy (non-hydrogen) atoms. The van der Waals surface area contributed by atoms with Crippen LogP contribution >= 0.6 is 11.3 Å². The van der Waals surface area contributed by atoms with Crippen molar-refractivity contribution in [3.05, 3.63) is 46.2 Å². The predicted molar refractivity (Wildman–Crippen MR) is 91.6 cm³/mol. The molecule has 0 bridgehead atoms. The fourth-order valence-corrected chi connectivity index (χ4v) is 2.59. The van der Waals surface area contributed by atoms with Crippen molar-refractivity contribution in [2.24, 2.45) is 4.99 Å². The Morgan fingerprint density at radius 3 is 2.74 bits per heavy atom. The SMILES string of the molecule is CN=C(NCCCOc1ccc(F)cc1)NCc1ncc(C)s1. The maximum Gasteiger partial charge on any atom is 0.191 e. The van der Waals surface area contributed by atoms with Crippen LogP contribution in [0.15, 0.2) is 35.5 Å². The number of aromatic nitrogens is 1. The Kier molecular flexibility index (Phi) is 6.80. The zero-order chi connectivity index (χ0) is 16.5. The molecule has 0 amide bonds. The molecule has 1 aromatic carbocycles. The van der Waals surface area contributed by atoms with Crippen molar-refractivity contribution in [2.75, 3.05) is 20.2 Å². The zero-order valence-corrected chi connectivity index (χ0v) is 14.1. The zero-order valence-electron chi connectivity index (χ0n) is 13.3. The number of nitrogens with one attached hydrogen (secondary N) is 2. The van der Waals surface area contributed by atoms with Crippen LogP contribution in [0.2, 0.25) is 0 Å². The summed E-state index contributed by atoms with van der Waals surface area (Å²) in [6.45, 7) is 3.98. The quantitative estimate of drug-likeness (QED) is 0.464. The van der Waals surface area contributed by atoms with E-state index in [4.69, 9.17) is 4.74 Å². The molecule has 124 valence electrons. The molecule has 2 rings (SSSR count). The summed E-state index contributed by atoms with van der Waals surface area (Å²) in [5, 5.41) is 7.47. The van der Waals surface area contributed by atoms with Crippen molar-refractivity contribution in [3.63, 3.8) is 0 Å². The van der Waals surface area contributed by atoms with Crippen LogP contribution in [-0.2, 0) is 6.54 Å². The van der Waals surface area contributed by atoms with E-state index in [1.165, 1.54) is 17.0 Å². The van der Waals surface area contributed by atoms with Crippen molar-refractivity contribution >= 4 is 17.3 Å². The van der Waals surface area contributed by atoms with E-state index >= 15 is 0 Å². The van der Waals surface area contributed by atoms with Crippen LogP contribution in [0.25, 0.3) is 0 Å². The lowest BCUT2D eigenvalue weighted by Crippen LogP contribution is -2.37. The summed E-state index contributed by atoms with van der Waals surface area (Å²) < 4.78 is 18.3. The number of thiazole rings is 1. The minimum absolute atomic E-state index is 0.260. The third kappa shape index (κ3) is 6.23. The predicted octanol–water partition coefficient (Wildman–Crippen LogP) is 2.72. The van der Waals surface area contributed by atoms with Crippen molar-refractivity contribution < 1.29 is 9.13 Å². The van der Waals surface area contributed by atoms with Gasteiger partial charge in [-0.2, -0.15) is 0 Å². The van der Waals surface area contributed by atoms with Gasteiger partial charge in [-0.15, -0.1) is 11.3 Å². The molecule has 0 aliphatic carbocycles. The second kappa shape index (κ2) is 9.09. The van der Waals surface area contributed by atoms with Crippen LogP contribution in [0, 0.1) is 12.7 Å². The molecule has 1 heterocycles. The third-order valence-electron chi connectivity index (χ3n) is 3.00. The first kappa shape index (κ1) is 17.2. The molecule has 7 heteroatoms. The van der Waals surface area contributed by atoms with Crippen LogP contribution in [0.1, 0.15) is 16.3 Å². The number of rotatable bonds is 7. The first-order valence-corrected chi connectivity index (χ1v) is 8.23. The molecule has 0 spiro atoms. The summed E-state index contributed by atoms with van der Waals surface area (Å²) in [6, 6.07) is 6.03. The van der Waals surface area contributed by atoms with Gasteiger partial charge in [-0.3, -0.25) is 4.99 Å². The summed E-state index contributed by atoms with van der Waals surface area (Å²) in [5.41, 5.74) is 0. The highest BCUT2D eigenvalue weighted by Gasteiger charge is 2.01. The van der Waals surface area contributed by atoms with Gasteiger partial charge < -0.3 is 15.4 Å². The lowest BCUT2D eigenvalue weighted by atomic mass is 10.3. The maximum atomic E-state index is 12.8. The summed E-state index contributed by atoms with van der Waals surface area (Å²) >= 11 is 1.67. The summed E-state index contributed by atoms with van der Waals surface area (Å²) in [4.78, 5) is 9.66. The van der Waals surface area contributed by atoms with E-state index in [9.17, 15) is 4.39 Å². The number of aryl methyl sites for hydroxylation is 1. The number of hydrogen-bond acceptors (Lipinski definition) is 4. The Hall–Kier alpha value is -2.15. The third-order valence-corrected chi connectivity index (χ3v) is 3.91. The summed E-state index contributed by atoms with van der Waals surface area (Å²) in [5.74, 6) is 1.15. The molecule has 0 unspecified atom stereocenters. The number of ether oxygens (including phenoxy) is 1. The Bertz CT molecular complexity index is 627. The number of aliphatic imine (C=N–C) groups is 1. The topological polar surface area (TPSA) is 58.5 Å². The minimum Gasteiger partial charge on any atom is -0.494 e. The standard InChI is InChI=1S/C16H21FN4OS/c1-12-10-20-15(23-12)11-21-16(18-2)19-8-3-9-22-14-6-4-13(17)5-7-14/h4-7,10H,3,8-9,11H2,1-2H3,(H2,18,19,21). The van der Waals surface area contributed by atoms with Gasteiger partial charge in [0.15, 0.2) is 5.96 Å². The van der Waals surface area contributed by atoms with Crippen LogP contribution in [0.4, 0.5) is 4.39 Å². The lowest BCUT2D eigenvalue weighted by Gasteiger charge is -2.11. The fraction of sp³-hybridized carbons (Fsp3) is 0.375. The second-order valence-electron chi connectivity index (χ2n) is 4.87. The molecule has 1 aromatic heterocycles. The average Bonchev–Trinajstić information content (AvgIpc) is 2.97. The largest absolute Gasteiger partial charge is 0.494 e. The number of benzene rings is 1. The number of guanidine groups is 1. The minimum atomic E-state index is -0.260. The van der Waals surface area contributed by atoms with Gasteiger partial charge >= 0.3 is 0 Å². The molecule has 2 aromatic rings. The van der Waals surface area contributed by atoms with E-state index in [2.05, 4.69) is 20.6 Å². The average molecular weight is 336 g/mol. The van der Waals surface area contributed by atoms with Crippen LogP contribution < -0.4 is 15.4 Å². The molecule has 5 nitrogen and oxygen atoms in total. The molecular weight excluding hydrogens is 315 g/mol. The summed E-state index contributed by atoms with van der Waals surface area (Å²) in [7, 11) is 1.73. The number of nitrogens with zero attached hydrogens (tertiary/aromatic N) is 2. The van der Waals surface area contributed by atoms with E-state index in [0.29, 0.717) is 18.9 Å². The number of halogens is 1. The molecule has 0 saturated carbocycles. The van der Waals surface area contributed by atoms with Gasteiger partial charge in [0.2, 0.25) is 0 Å². The highest BCUT2D eigenvalue weighted by molar-refractivity contribution is 7.11. The van der Waals surface area contributed by atoms with E-state index in [1.54, 1.807) is 30.5 Å².